The Morgan fingerprint density at radius 3 is 2.78 bits per heavy atom. The average Bonchev–Trinajstić information content (AvgIpc) is 2.79. The molecule has 9 nitrogen and oxygen atoms in total. The molecule has 5 N–H and O–H groups in total. The third-order valence-electron chi connectivity index (χ3n) is 5.47. The first-order valence-corrected chi connectivity index (χ1v) is 10.3. The molecule has 3 aromatic rings. The molecule has 166 valence electrons. The van der Waals surface area contributed by atoms with Crippen LogP contribution in [0.15, 0.2) is 42.6 Å². The number of nitrogens with zero attached hydrogens (tertiary/aromatic N) is 3. The number of amides is 1. The number of aromatic nitrogens is 2. The summed E-state index contributed by atoms with van der Waals surface area (Å²) < 4.78 is 5.58. The lowest BCUT2D eigenvalue weighted by molar-refractivity contribution is 0.100. The number of hydrogen-bond acceptors (Lipinski definition) is 8. The van der Waals surface area contributed by atoms with Crippen molar-refractivity contribution in [1.29, 1.82) is 0 Å². The molecule has 2 aromatic carbocycles. The molecule has 1 aliphatic rings. The number of fused-ring (bicyclic) bond motifs is 1. The topological polar surface area (TPSA) is 126 Å². The number of nitrogens with one attached hydrogen (secondary N) is 2. The maximum atomic E-state index is 11.9. The Bertz CT molecular complexity index is 1150. The number of benzene rings is 2. The normalized spacial score (nSPS) is 13.3. The number of carbonyl (C=O) groups excluding carboxylic acids is 1. The van der Waals surface area contributed by atoms with Crippen molar-refractivity contribution >= 4 is 29.0 Å². The van der Waals surface area contributed by atoms with Gasteiger partial charge in [0.1, 0.15) is 17.1 Å². The second-order valence-electron chi connectivity index (χ2n) is 7.69. The third-order valence-corrected chi connectivity index (χ3v) is 5.47. The van der Waals surface area contributed by atoms with Gasteiger partial charge in [0, 0.05) is 30.5 Å². The van der Waals surface area contributed by atoms with Crippen molar-refractivity contribution < 1.29 is 14.6 Å². The Labute approximate surface area is 186 Å². The van der Waals surface area contributed by atoms with E-state index in [1.165, 1.54) is 17.3 Å². The Hall–Kier alpha value is -3.69. The van der Waals surface area contributed by atoms with E-state index in [2.05, 4.69) is 32.5 Å². The largest absolute Gasteiger partial charge is 0.495 e. The van der Waals surface area contributed by atoms with Gasteiger partial charge in [-0.3, -0.25) is 4.79 Å². The van der Waals surface area contributed by atoms with Crippen molar-refractivity contribution in [2.24, 2.45) is 5.73 Å². The summed E-state index contributed by atoms with van der Waals surface area (Å²) in [5.74, 6) is 0.555. The lowest BCUT2D eigenvalue weighted by Gasteiger charge is -2.26. The zero-order valence-electron chi connectivity index (χ0n) is 18.1. The number of primary amides is 1. The molecular weight excluding hydrogens is 408 g/mol. The zero-order valence-corrected chi connectivity index (χ0v) is 18.1. The van der Waals surface area contributed by atoms with Crippen LogP contribution >= 0.6 is 0 Å². The number of likely N-dealkylation sites (N-methyl/N-ethyl adjacent to an activating group) is 1. The minimum atomic E-state index is -0.657. The van der Waals surface area contributed by atoms with Crippen molar-refractivity contribution in [2.45, 2.75) is 19.6 Å². The Morgan fingerprint density at radius 2 is 2.03 bits per heavy atom. The van der Waals surface area contributed by atoms with Crippen molar-refractivity contribution in [3.05, 3.63) is 64.8 Å². The molecule has 1 aliphatic heterocycles. The highest BCUT2D eigenvalue weighted by molar-refractivity contribution is 5.98. The number of aliphatic hydroxyl groups is 1. The van der Waals surface area contributed by atoms with Gasteiger partial charge in [0.15, 0.2) is 0 Å². The number of rotatable bonds is 7. The first kappa shape index (κ1) is 21.5. The first-order chi connectivity index (χ1) is 15.5. The van der Waals surface area contributed by atoms with Crippen LogP contribution in [0, 0.1) is 0 Å². The number of ether oxygens (including phenoxy) is 1. The summed E-state index contributed by atoms with van der Waals surface area (Å²) in [5.41, 5.74) is 10.2. The monoisotopic (exact) mass is 434 g/mol. The van der Waals surface area contributed by atoms with Crippen LogP contribution in [-0.4, -0.2) is 46.6 Å². The predicted octanol–water partition coefficient (Wildman–Crippen LogP) is 2.55. The lowest BCUT2D eigenvalue weighted by Crippen LogP contribution is -2.26. The molecule has 32 heavy (non-hydrogen) atoms. The van der Waals surface area contributed by atoms with Gasteiger partial charge >= 0.3 is 0 Å². The molecule has 0 saturated heterocycles. The van der Waals surface area contributed by atoms with Gasteiger partial charge in [0.2, 0.25) is 5.95 Å². The van der Waals surface area contributed by atoms with E-state index in [0.717, 1.165) is 25.2 Å². The molecular formula is C23H26N6O3. The van der Waals surface area contributed by atoms with Crippen LogP contribution in [0.1, 0.15) is 27.0 Å². The van der Waals surface area contributed by atoms with Crippen molar-refractivity contribution in [3.63, 3.8) is 0 Å². The number of methoxy groups -OCH3 is 1. The maximum Gasteiger partial charge on any atom is 0.254 e. The molecule has 0 fully saturated rings. The summed E-state index contributed by atoms with van der Waals surface area (Å²) >= 11 is 0. The molecule has 0 aliphatic carbocycles. The second kappa shape index (κ2) is 9.21. The summed E-state index contributed by atoms with van der Waals surface area (Å²) in [4.78, 5) is 22.9. The quantitative estimate of drug-likeness (QED) is 0.447. The van der Waals surface area contributed by atoms with E-state index in [4.69, 9.17) is 10.5 Å². The SMILES string of the molecule is COc1cc2c(cc1Nc1ncc(C(N)=O)c(Nc3ccccc3CO)n1)CN(C)CC2. The Morgan fingerprint density at radius 1 is 1.22 bits per heavy atom. The van der Waals surface area contributed by atoms with Crippen LogP contribution in [0.3, 0.4) is 0 Å². The van der Waals surface area contributed by atoms with Crippen molar-refractivity contribution in [2.75, 3.05) is 31.3 Å². The fourth-order valence-corrected chi connectivity index (χ4v) is 3.74. The van der Waals surface area contributed by atoms with E-state index in [-0.39, 0.29) is 23.9 Å². The molecule has 2 heterocycles. The Balaban J connectivity index is 1.69. The molecule has 0 unspecified atom stereocenters. The van der Waals surface area contributed by atoms with E-state index in [0.29, 0.717) is 17.0 Å². The molecule has 9 heteroatoms. The minimum Gasteiger partial charge on any atom is -0.495 e. The average molecular weight is 435 g/mol. The van der Waals surface area contributed by atoms with Crippen molar-refractivity contribution in [1.82, 2.24) is 14.9 Å². The number of hydrogen-bond donors (Lipinski definition) is 4. The van der Waals surface area contributed by atoms with Gasteiger partial charge < -0.3 is 31.1 Å². The standard InChI is InChI=1S/C23H26N6O3/c1-29-8-7-14-10-20(32-2)19(9-16(14)12-29)27-23-25-11-17(21(24)31)22(28-23)26-18-6-4-3-5-15(18)13-30/h3-6,9-11,30H,7-8,12-13H2,1-2H3,(H2,24,31)(H2,25,26,27,28). The van der Waals surface area contributed by atoms with E-state index in [9.17, 15) is 9.90 Å². The summed E-state index contributed by atoms with van der Waals surface area (Å²) in [6, 6.07) is 11.3. The third kappa shape index (κ3) is 4.48. The van der Waals surface area contributed by atoms with E-state index in [1.54, 1.807) is 19.2 Å². The molecule has 0 atom stereocenters. The summed E-state index contributed by atoms with van der Waals surface area (Å²) in [7, 11) is 3.71. The maximum absolute atomic E-state index is 11.9. The lowest BCUT2D eigenvalue weighted by atomic mass is 9.99. The number of carbonyl (C=O) groups is 1. The summed E-state index contributed by atoms with van der Waals surface area (Å²) in [5, 5.41) is 15.9. The highest BCUT2D eigenvalue weighted by atomic mass is 16.5. The van der Waals surface area contributed by atoms with Gasteiger partial charge in [-0.1, -0.05) is 18.2 Å². The Kier molecular flexibility index (Phi) is 6.20. The highest BCUT2D eigenvalue weighted by Crippen LogP contribution is 2.33. The molecule has 1 aromatic heterocycles. The van der Waals surface area contributed by atoms with Gasteiger partial charge in [-0.2, -0.15) is 4.98 Å². The molecule has 0 saturated carbocycles. The van der Waals surface area contributed by atoms with Gasteiger partial charge in [0.05, 0.1) is 19.4 Å². The van der Waals surface area contributed by atoms with Crippen LogP contribution in [-0.2, 0) is 19.6 Å². The van der Waals surface area contributed by atoms with Crippen LogP contribution in [0.5, 0.6) is 5.75 Å². The molecule has 0 radical (unpaired) electrons. The van der Waals surface area contributed by atoms with Crippen molar-refractivity contribution in [3.8, 4) is 5.75 Å². The zero-order chi connectivity index (χ0) is 22.7. The molecule has 0 spiro atoms. The molecule has 0 bridgehead atoms. The first-order valence-electron chi connectivity index (χ1n) is 10.3. The molecule has 4 rings (SSSR count). The van der Waals surface area contributed by atoms with Gasteiger partial charge in [-0.05, 0) is 42.8 Å². The summed E-state index contributed by atoms with van der Waals surface area (Å²) in [6.45, 7) is 1.69. The number of aliphatic hydroxyl groups excluding tert-OH is 1. The number of nitrogens with two attached hydrogens (primary N) is 1. The van der Waals surface area contributed by atoms with E-state index in [1.807, 2.05) is 24.3 Å². The fourth-order valence-electron chi connectivity index (χ4n) is 3.74. The van der Waals surface area contributed by atoms with Gasteiger partial charge in [0.25, 0.3) is 5.91 Å². The smallest absolute Gasteiger partial charge is 0.254 e. The van der Waals surface area contributed by atoms with Crippen LogP contribution in [0.2, 0.25) is 0 Å². The highest BCUT2D eigenvalue weighted by Gasteiger charge is 2.19. The summed E-state index contributed by atoms with van der Waals surface area (Å²) in [6.07, 6.45) is 2.34. The van der Waals surface area contributed by atoms with Gasteiger partial charge in [-0.15, -0.1) is 0 Å². The fraction of sp³-hybridized carbons (Fsp3) is 0.261. The van der Waals surface area contributed by atoms with Gasteiger partial charge in [-0.25, -0.2) is 4.98 Å². The minimum absolute atomic E-state index is 0.141. The van der Waals surface area contributed by atoms with Crippen LogP contribution < -0.4 is 21.1 Å². The second-order valence-corrected chi connectivity index (χ2v) is 7.69. The predicted molar refractivity (Wildman–Crippen MR) is 123 cm³/mol. The molecule has 1 amide bonds. The number of para-hydroxylation sites is 1. The van der Waals surface area contributed by atoms with Crippen LogP contribution in [0.4, 0.5) is 23.1 Å². The van der Waals surface area contributed by atoms with Crippen LogP contribution in [0.25, 0.3) is 0 Å². The van der Waals surface area contributed by atoms with E-state index >= 15 is 0 Å². The number of anilines is 4. The van der Waals surface area contributed by atoms with E-state index < -0.39 is 5.91 Å².